The van der Waals surface area contributed by atoms with Gasteiger partial charge in [0.05, 0.1) is 0 Å². The molecule has 0 radical (unpaired) electrons. The Bertz CT molecular complexity index is 235. The van der Waals surface area contributed by atoms with Gasteiger partial charge in [-0.15, -0.1) is 0 Å². The Hall–Kier alpha value is -0.795. The highest BCUT2D eigenvalue weighted by atomic mass is 16.4. The van der Waals surface area contributed by atoms with Crippen LogP contribution in [0.25, 0.3) is 0 Å². The minimum Gasteiger partial charge on any atom is -0.427 e. The Labute approximate surface area is 66.6 Å². The molecule has 2 N–H and O–H groups in total. The summed E-state index contributed by atoms with van der Waals surface area (Å²) >= 11 is 0. The second-order valence-electron chi connectivity index (χ2n) is 2.61. The van der Waals surface area contributed by atoms with E-state index in [1.807, 2.05) is 31.2 Å². The fraction of sp³-hybridized carbons (Fsp3) is 0.250. The van der Waals surface area contributed by atoms with E-state index in [-0.39, 0.29) is 0 Å². The van der Waals surface area contributed by atoms with Crippen molar-refractivity contribution in [2.45, 2.75) is 13.2 Å². The lowest BCUT2D eigenvalue weighted by Gasteiger charge is -2.02. The molecule has 0 aliphatic rings. The van der Waals surface area contributed by atoms with Gasteiger partial charge in [-0.3, -0.25) is 0 Å². The summed E-state index contributed by atoms with van der Waals surface area (Å²) in [5.41, 5.74) is 2.09. The topological polar surface area (TPSA) is 40.5 Å². The van der Waals surface area contributed by atoms with Crippen LogP contribution in [-0.2, 0) is 6.32 Å². The van der Waals surface area contributed by atoms with Gasteiger partial charge in [-0.05, 0) is 18.1 Å². The minimum absolute atomic E-state index is 0.312. The first-order chi connectivity index (χ1) is 5.20. The summed E-state index contributed by atoms with van der Waals surface area (Å²) in [6, 6.07) is 7.68. The lowest BCUT2D eigenvalue weighted by molar-refractivity contribution is 0.405. The highest BCUT2D eigenvalue weighted by molar-refractivity contribution is 6.40. The second kappa shape index (κ2) is 3.55. The molecule has 58 valence electrons. The first kappa shape index (κ1) is 8.30. The summed E-state index contributed by atoms with van der Waals surface area (Å²) in [5.74, 6) is 0. The Morgan fingerprint density at radius 2 is 1.91 bits per heavy atom. The van der Waals surface area contributed by atoms with Crippen LogP contribution in [0.3, 0.4) is 0 Å². The van der Waals surface area contributed by atoms with Crippen LogP contribution >= 0.6 is 0 Å². The first-order valence-electron chi connectivity index (χ1n) is 3.61. The van der Waals surface area contributed by atoms with Crippen molar-refractivity contribution in [1.82, 2.24) is 0 Å². The van der Waals surface area contributed by atoms with Crippen LogP contribution in [0.15, 0.2) is 24.3 Å². The van der Waals surface area contributed by atoms with Crippen LogP contribution in [0.2, 0.25) is 0 Å². The Morgan fingerprint density at radius 3 is 2.45 bits per heavy atom. The van der Waals surface area contributed by atoms with E-state index in [9.17, 15) is 0 Å². The van der Waals surface area contributed by atoms with Gasteiger partial charge >= 0.3 is 7.12 Å². The van der Waals surface area contributed by atoms with Gasteiger partial charge in [0, 0.05) is 6.32 Å². The molecule has 0 aromatic heterocycles. The molecule has 0 aliphatic carbocycles. The van der Waals surface area contributed by atoms with Crippen LogP contribution in [0.4, 0.5) is 0 Å². The van der Waals surface area contributed by atoms with Crippen molar-refractivity contribution < 1.29 is 10.0 Å². The average Bonchev–Trinajstić information content (AvgIpc) is 1.93. The molecule has 0 atom stereocenters. The molecular weight excluding hydrogens is 139 g/mol. The normalized spacial score (nSPS) is 9.73. The number of aryl methyl sites for hydroxylation is 1. The third-order valence-corrected chi connectivity index (χ3v) is 1.66. The molecule has 0 amide bonds. The summed E-state index contributed by atoms with van der Waals surface area (Å²) in [5, 5.41) is 17.4. The predicted molar refractivity (Wildman–Crippen MR) is 45.1 cm³/mol. The van der Waals surface area contributed by atoms with Crippen molar-refractivity contribution in [2.75, 3.05) is 0 Å². The van der Waals surface area contributed by atoms with Crippen LogP contribution in [0.5, 0.6) is 0 Å². The molecular formula is C8H11BO2. The largest absolute Gasteiger partial charge is 0.456 e. The van der Waals surface area contributed by atoms with Gasteiger partial charge in [-0.1, -0.05) is 24.3 Å². The number of benzene rings is 1. The zero-order chi connectivity index (χ0) is 8.27. The maximum Gasteiger partial charge on any atom is 0.456 e. The van der Waals surface area contributed by atoms with Crippen molar-refractivity contribution in [2.24, 2.45) is 0 Å². The minimum atomic E-state index is -1.24. The van der Waals surface area contributed by atoms with E-state index >= 15 is 0 Å². The van der Waals surface area contributed by atoms with Crippen LogP contribution in [-0.4, -0.2) is 17.2 Å². The predicted octanol–water partition coefficient (Wildman–Crippen LogP) is 0.550. The molecule has 2 nitrogen and oxygen atoms in total. The van der Waals surface area contributed by atoms with E-state index in [4.69, 9.17) is 10.0 Å². The highest BCUT2D eigenvalue weighted by Gasteiger charge is 2.08. The van der Waals surface area contributed by atoms with Gasteiger partial charge < -0.3 is 10.0 Å². The van der Waals surface area contributed by atoms with Gasteiger partial charge in [-0.25, -0.2) is 0 Å². The van der Waals surface area contributed by atoms with Crippen molar-refractivity contribution in [3.05, 3.63) is 35.4 Å². The number of hydrogen-bond donors (Lipinski definition) is 2. The molecule has 0 spiro atoms. The lowest BCUT2D eigenvalue weighted by atomic mass is 9.80. The smallest absolute Gasteiger partial charge is 0.427 e. The van der Waals surface area contributed by atoms with E-state index in [1.54, 1.807) is 0 Å². The molecule has 0 heterocycles. The maximum atomic E-state index is 8.69. The summed E-state index contributed by atoms with van der Waals surface area (Å²) < 4.78 is 0. The summed E-state index contributed by atoms with van der Waals surface area (Å²) in [7, 11) is -1.24. The van der Waals surface area contributed by atoms with E-state index < -0.39 is 7.12 Å². The zero-order valence-electron chi connectivity index (χ0n) is 6.49. The Kier molecular flexibility index (Phi) is 2.68. The summed E-state index contributed by atoms with van der Waals surface area (Å²) in [4.78, 5) is 0. The number of rotatable bonds is 2. The van der Waals surface area contributed by atoms with Crippen LogP contribution in [0, 0.1) is 6.92 Å². The maximum absolute atomic E-state index is 8.69. The van der Waals surface area contributed by atoms with E-state index in [0.29, 0.717) is 6.32 Å². The number of hydrogen-bond acceptors (Lipinski definition) is 2. The van der Waals surface area contributed by atoms with E-state index in [1.165, 1.54) is 0 Å². The zero-order valence-corrected chi connectivity index (χ0v) is 6.49. The molecule has 1 aromatic carbocycles. The van der Waals surface area contributed by atoms with Gasteiger partial charge in [0.15, 0.2) is 0 Å². The van der Waals surface area contributed by atoms with Crippen molar-refractivity contribution >= 4 is 7.12 Å². The fourth-order valence-corrected chi connectivity index (χ4v) is 1.04. The monoisotopic (exact) mass is 150 g/mol. The van der Waals surface area contributed by atoms with Gasteiger partial charge in [0.1, 0.15) is 0 Å². The molecule has 0 unspecified atom stereocenters. The summed E-state index contributed by atoms with van der Waals surface area (Å²) in [6.45, 7) is 1.96. The standard InChI is InChI=1S/C8H11BO2/c1-7-4-2-3-5-8(7)6-9(10)11/h2-5,10-11H,6H2,1H3. The van der Waals surface area contributed by atoms with Gasteiger partial charge in [0.2, 0.25) is 0 Å². The van der Waals surface area contributed by atoms with Crippen molar-refractivity contribution in [3.8, 4) is 0 Å². The molecule has 11 heavy (non-hydrogen) atoms. The van der Waals surface area contributed by atoms with E-state index in [2.05, 4.69) is 0 Å². The molecule has 0 saturated carbocycles. The molecule has 0 saturated heterocycles. The van der Waals surface area contributed by atoms with Crippen molar-refractivity contribution in [3.63, 3.8) is 0 Å². The Morgan fingerprint density at radius 1 is 1.27 bits per heavy atom. The molecule has 1 aromatic rings. The second-order valence-corrected chi connectivity index (χ2v) is 2.61. The van der Waals surface area contributed by atoms with Gasteiger partial charge in [0.25, 0.3) is 0 Å². The third-order valence-electron chi connectivity index (χ3n) is 1.66. The third kappa shape index (κ3) is 2.37. The van der Waals surface area contributed by atoms with Crippen LogP contribution < -0.4 is 0 Å². The fourth-order valence-electron chi connectivity index (χ4n) is 1.04. The molecule has 0 fully saturated rings. The molecule has 3 heteroatoms. The summed E-state index contributed by atoms with van der Waals surface area (Å²) in [6.07, 6.45) is 0.312. The molecule has 0 bridgehead atoms. The first-order valence-corrected chi connectivity index (χ1v) is 3.61. The molecule has 0 aliphatic heterocycles. The highest BCUT2D eigenvalue weighted by Crippen LogP contribution is 2.07. The SMILES string of the molecule is Cc1ccccc1CB(O)O. The molecule has 1 rings (SSSR count). The quantitative estimate of drug-likeness (QED) is 0.604. The van der Waals surface area contributed by atoms with E-state index in [0.717, 1.165) is 11.1 Å². The van der Waals surface area contributed by atoms with Crippen molar-refractivity contribution in [1.29, 1.82) is 0 Å². The van der Waals surface area contributed by atoms with Crippen LogP contribution in [0.1, 0.15) is 11.1 Å². The average molecular weight is 150 g/mol. The van der Waals surface area contributed by atoms with Gasteiger partial charge in [-0.2, -0.15) is 0 Å². The Balaban J connectivity index is 2.78. The lowest BCUT2D eigenvalue weighted by Crippen LogP contribution is -2.15.